The fourth-order valence-corrected chi connectivity index (χ4v) is 1.99. The van der Waals surface area contributed by atoms with Crippen LogP contribution in [0.25, 0.3) is 0 Å². The van der Waals surface area contributed by atoms with E-state index in [-0.39, 0.29) is 11.3 Å². The number of hydrogen-bond donors (Lipinski definition) is 1. The summed E-state index contributed by atoms with van der Waals surface area (Å²) in [6.45, 7) is 11.1. The van der Waals surface area contributed by atoms with Gasteiger partial charge < -0.3 is 5.32 Å². The highest BCUT2D eigenvalue weighted by atomic mass is 16.2. The van der Waals surface area contributed by atoms with Gasteiger partial charge in [-0.15, -0.1) is 0 Å². The van der Waals surface area contributed by atoms with Crippen molar-refractivity contribution >= 4 is 5.91 Å². The topological polar surface area (TPSA) is 29.1 Å². The average Bonchev–Trinajstić information content (AvgIpc) is 2.07. The first kappa shape index (κ1) is 12.5. The van der Waals surface area contributed by atoms with E-state index >= 15 is 0 Å². The molecule has 1 amide bonds. The standard InChI is InChI=1S/C11H23NO/c1-6-11(7-2,9(4)5)10(13)12-8-3/h9H,6-8H2,1-5H3,(H,12,13). The maximum absolute atomic E-state index is 11.9. The Labute approximate surface area is 82.1 Å². The van der Waals surface area contributed by atoms with E-state index < -0.39 is 0 Å². The number of amides is 1. The van der Waals surface area contributed by atoms with Crippen LogP contribution in [0.5, 0.6) is 0 Å². The first-order valence-electron chi connectivity index (χ1n) is 5.33. The molecule has 0 unspecified atom stereocenters. The van der Waals surface area contributed by atoms with Gasteiger partial charge in [0, 0.05) is 6.54 Å². The van der Waals surface area contributed by atoms with Crippen LogP contribution in [0.3, 0.4) is 0 Å². The third-order valence-corrected chi connectivity index (χ3v) is 3.16. The molecule has 0 radical (unpaired) electrons. The lowest BCUT2D eigenvalue weighted by Crippen LogP contribution is -2.43. The highest BCUT2D eigenvalue weighted by molar-refractivity contribution is 5.82. The molecule has 0 bridgehead atoms. The lowest BCUT2D eigenvalue weighted by Gasteiger charge is -2.34. The summed E-state index contributed by atoms with van der Waals surface area (Å²) in [5.74, 6) is 0.629. The van der Waals surface area contributed by atoms with Gasteiger partial charge in [0.15, 0.2) is 0 Å². The quantitative estimate of drug-likeness (QED) is 0.701. The number of carbonyl (C=O) groups is 1. The van der Waals surface area contributed by atoms with Crippen LogP contribution in [0.1, 0.15) is 47.5 Å². The summed E-state index contributed by atoms with van der Waals surface area (Å²) in [4.78, 5) is 11.9. The normalized spacial score (nSPS) is 11.8. The van der Waals surface area contributed by atoms with Crippen molar-refractivity contribution in [2.45, 2.75) is 47.5 Å². The molecule has 0 atom stereocenters. The van der Waals surface area contributed by atoms with Crippen molar-refractivity contribution in [1.82, 2.24) is 5.32 Å². The van der Waals surface area contributed by atoms with Crippen LogP contribution in [-0.4, -0.2) is 12.5 Å². The summed E-state index contributed by atoms with van der Waals surface area (Å²) < 4.78 is 0. The lowest BCUT2D eigenvalue weighted by molar-refractivity contribution is -0.134. The molecule has 0 spiro atoms. The summed E-state index contributed by atoms with van der Waals surface area (Å²) in [7, 11) is 0. The largest absolute Gasteiger partial charge is 0.356 e. The van der Waals surface area contributed by atoms with Crippen molar-refractivity contribution in [3.63, 3.8) is 0 Å². The van der Waals surface area contributed by atoms with E-state index in [0.29, 0.717) is 5.92 Å². The van der Waals surface area contributed by atoms with Crippen molar-refractivity contribution in [2.75, 3.05) is 6.54 Å². The van der Waals surface area contributed by atoms with Gasteiger partial charge in [0.25, 0.3) is 0 Å². The van der Waals surface area contributed by atoms with Crippen LogP contribution in [0.2, 0.25) is 0 Å². The molecule has 0 aromatic rings. The van der Waals surface area contributed by atoms with E-state index in [1.54, 1.807) is 0 Å². The van der Waals surface area contributed by atoms with Gasteiger partial charge in [-0.25, -0.2) is 0 Å². The Morgan fingerprint density at radius 3 is 1.92 bits per heavy atom. The van der Waals surface area contributed by atoms with E-state index in [1.165, 1.54) is 0 Å². The average molecular weight is 185 g/mol. The fraction of sp³-hybridized carbons (Fsp3) is 0.909. The van der Waals surface area contributed by atoms with Crippen LogP contribution < -0.4 is 5.32 Å². The molecular weight excluding hydrogens is 162 g/mol. The number of nitrogens with one attached hydrogen (secondary N) is 1. The van der Waals surface area contributed by atoms with Crippen LogP contribution in [0, 0.1) is 11.3 Å². The monoisotopic (exact) mass is 185 g/mol. The second-order valence-corrected chi connectivity index (χ2v) is 3.88. The second-order valence-electron chi connectivity index (χ2n) is 3.88. The first-order valence-corrected chi connectivity index (χ1v) is 5.33. The molecule has 0 aliphatic carbocycles. The van der Waals surface area contributed by atoms with Gasteiger partial charge in [-0.2, -0.15) is 0 Å². The SMILES string of the molecule is CCNC(=O)C(CC)(CC)C(C)C. The van der Waals surface area contributed by atoms with Gasteiger partial charge in [-0.3, -0.25) is 4.79 Å². The Morgan fingerprint density at radius 2 is 1.69 bits per heavy atom. The summed E-state index contributed by atoms with van der Waals surface area (Å²) in [5, 5.41) is 2.93. The van der Waals surface area contributed by atoms with Crippen LogP contribution in [0.15, 0.2) is 0 Å². The molecule has 78 valence electrons. The van der Waals surface area contributed by atoms with E-state index in [1.807, 2.05) is 6.92 Å². The Kier molecular flexibility index (Phi) is 5.04. The van der Waals surface area contributed by atoms with Gasteiger partial charge >= 0.3 is 0 Å². The molecule has 0 saturated carbocycles. The van der Waals surface area contributed by atoms with Gasteiger partial charge in [0.1, 0.15) is 0 Å². The highest BCUT2D eigenvalue weighted by Gasteiger charge is 2.37. The number of hydrogen-bond acceptors (Lipinski definition) is 1. The minimum atomic E-state index is -0.157. The van der Waals surface area contributed by atoms with Crippen molar-refractivity contribution in [1.29, 1.82) is 0 Å². The van der Waals surface area contributed by atoms with Gasteiger partial charge in [0.2, 0.25) is 5.91 Å². The van der Waals surface area contributed by atoms with E-state index in [2.05, 4.69) is 33.0 Å². The summed E-state index contributed by atoms with van der Waals surface area (Å²) in [6, 6.07) is 0. The molecule has 2 heteroatoms. The molecule has 0 aliphatic rings. The molecular formula is C11H23NO. The summed E-state index contributed by atoms with van der Waals surface area (Å²) in [5.41, 5.74) is -0.157. The van der Waals surface area contributed by atoms with E-state index in [9.17, 15) is 4.79 Å². The smallest absolute Gasteiger partial charge is 0.226 e. The maximum Gasteiger partial charge on any atom is 0.226 e. The zero-order valence-electron chi connectivity index (χ0n) is 9.61. The molecule has 0 saturated heterocycles. The molecule has 0 aromatic heterocycles. The third-order valence-electron chi connectivity index (χ3n) is 3.16. The summed E-state index contributed by atoms with van der Waals surface area (Å²) >= 11 is 0. The van der Waals surface area contributed by atoms with Gasteiger partial charge in [-0.05, 0) is 25.7 Å². The van der Waals surface area contributed by atoms with Crippen LogP contribution >= 0.6 is 0 Å². The molecule has 0 aliphatic heterocycles. The molecule has 0 heterocycles. The predicted octanol–water partition coefficient (Wildman–Crippen LogP) is 2.58. The Hall–Kier alpha value is -0.530. The van der Waals surface area contributed by atoms with Crippen LogP contribution in [0.4, 0.5) is 0 Å². The van der Waals surface area contributed by atoms with Crippen molar-refractivity contribution in [3.8, 4) is 0 Å². The molecule has 13 heavy (non-hydrogen) atoms. The zero-order valence-corrected chi connectivity index (χ0v) is 9.61. The highest BCUT2D eigenvalue weighted by Crippen LogP contribution is 2.35. The lowest BCUT2D eigenvalue weighted by atomic mass is 9.72. The predicted molar refractivity (Wildman–Crippen MR) is 56.5 cm³/mol. The minimum Gasteiger partial charge on any atom is -0.356 e. The molecule has 0 rings (SSSR count). The second kappa shape index (κ2) is 5.25. The van der Waals surface area contributed by atoms with Crippen LogP contribution in [-0.2, 0) is 4.79 Å². The maximum atomic E-state index is 11.9. The number of carbonyl (C=O) groups excluding carboxylic acids is 1. The van der Waals surface area contributed by atoms with Crippen molar-refractivity contribution < 1.29 is 4.79 Å². The summed E-state index contributed by atoms with van der Waals surface area (Å²) in [6.07, 6.45) is 1.85. The van der Waals surface area contributed by atoms with Gasteiger partial charge in [0.05, 0.1) is 5.41 Å². The molecule has 1 N–H and O–H groups in total. The molecule has 0 aromatic carbocycles. The Balaban J connectivity index is 4.65. The number of rotatable bonds is 5. The molecule has 2 nitrogen and oxygen atoms in total. The van der Waals surface area contributed by atoms with Crippen molar-refractivity contribution in [3.05, 3.63) is 0 Å². The Bertz CT molecular complexity index is 159. The van der Waals surface area contributed by atoms with E-state index in [0.717, 1.165) is 19.4 Å². The van der Waals surface area contributed by atoms with E-state index in [4.69, 9.17) is 0 Å². The Morgan fingerprint density at radius 1 is 1.23 bits per heavy atom. The molecule has 0 fully saturated rings. The third kappa shape index (κ3) is 2.45. The van der Waals surface area contributed by atoms with Crippen molar-refractivity contribution in [2.24, 2.45) is 11.3 Å². The van der Waals surface area contributed by atoms with Gasteiger partial charge in [-0.1, -0.05) is 27.7 Å². The minimum absolute atomic E-state index is 0.157. The fourth-order valence-electron chi connectivity index (χ4n) is 1.99. The zero-order chi connectivity index (χ0) is 10.5. The first-order chi connectivity index (χ1) is 6.05.